The predicted molar refractivity (Wildman–Crippen MR) is 138 cm³/mol. The monoisotopic (exact) mass is 470 g/mol. The highest BCUT2D eigenvalue weighted by Crippen LogP contribution is 2.41. The van der Waals surface area contributed by atoms with Crippen molar-refractivity contribution in [2.45, 2.75) is 32.9 Å². The first-order valence-corrected chi connectivity index (χ1v) is 11.9. The van der Waals surface area contributed by atoms with E-state index in [1.54, 1.807) is 13.3 Å². The van der Waals surface area contributed by atoms with E-state index in [4.69, 9.17) is 4.74 Å². The van der Waals surface area contributed by atoms with Gasteiger partial charge >= 0.3 is 0 Å². The molecule has 35 heavy (non-hydrogen) atoms. The van der Waals surface area contributed by atoms with E-state index in [-0.39, 0.29) is 23.9 Å². The van der Waals surface area contributed by atoms with Gasteiger partial charge < -0.3 is 25.3 Å². The zero-order valence-corrected chi connectivity index (χ0v) is 20.4. The van der Waals surface area contributed by atoms with Crippen LogP contribution in [0.3, 0.4) is 0 Å². The largest absolute Gasteiger partial charge is 0.497 e. The fraction of sp³-hybridized carbons (Fsp3) is 0.286. The normalized spacial score (nSPS) is 20.6. The van der Waals surface area contributed by atoms with E-state index >= 15 is 0 Å². The standard InChI is InChI=1S/C28H30N4O3/c1-16-14-32(15-17(2)30-16)28(34)23-13-29-25(18(23)3)12-22-26-21(9-6-10-24(26)31-27(22)33)19-7-5-8-20(11-19)35-4/h5-13,16-17,29-30H,14-15H2,1-4H3,(H,31,33)/b22-12-/t16-,17+. The van der Waals surface area contributed by atoms with Gasteiger partial charge in [-0.2, -0.15) is 0 Å². The summed E-state index contributed by atoms with van der Waals surface area (Å²) in [4.78, 5) is 31.4. The molecule has 3 heterocycles. The average Bonchev–Trinajstić information content (AvgIpc) is 3.37. The number of aromatic nitrogens is 1. The van der Waals surface area contributed by atoms with E-state index in [1.165, 1.54) is 0 Å². The molecule has 3 aromatic rings. The summed E-state index contributed by atoms with van der Waals surface area (Å²) in [5, 5.41) is 6.44. The fourth-order valence-corrected chi connectivity index (χ4v) is 5.11. The number of amides is 2. The molecule has 0 aliphatic carbocycles. The number of H-pyrrole nitrogens is 1. The van der Waals surface area contributed by atoms with Crippen LogP contribution in [0.4, 0.5) is 5.69 Å². The topological polar surface area (TPSA) is 86.5 Å². The molecule has 0 radical (unpaired) electrons. The summed E-state index contributed by atoms with van der Waals surface area (Å²) in [7, 11) is 1.64. The molecule has 0 unspecified atom stereocenters. The van der Waals surface area contributed by atoms with Crippen LogP contribution < -0.4 is 15.4 Å². The summed E-state index contributed by atoms with van der Waals surface area (Å²) in [5.41, 5.74) is 6.30. The Balaban J connectivity index is 1.52. The quantitative estimate of drug-likeness (QED) is 0.496. The highest BCUT2D eigenvalue weighted by molar-refractivity contribution is 6.36. The van der Waals surface area contributed by atoms with Gasteiger partial charge in [-0.25, -0.2) is 0 Å². The Morgan fingerprint density at radius 3 is 2.60 bits per heavy atom. The summed E-state index contributed by atoms with van der Waals surface area (Å²) in [6, 6.07) is 14.1. The van der Waals surface area contributed by atoms with Crippen LogP contribution in [-0.4, -0.2) is 54.0 Å². The maximum Gasteiger partial charge on any atom is 0.256 e. The molecule has 1 saturated heterocycles. The van der Waals surface area contributed by atoms with Crippen molar-refractivity contribution in [1.82, 2.24) is 15.2 Å². The van der Waals surface area contributed by atoms with Gasteiger partial charge in [0.2, 0.25) is 0 Å². The van der Waals surface area contributed by atoms with E-state index in [9.17, 15) is 9.59 Å². The van der Waals surface area contributed by atoms with Crippen LogP contribution in [0.2, 0.25) is 0 Å². The Labute approximate surface area is 205 Å². The number of carbonyl (C=O) groups excluding carboxylic acids is 2. The Morgan fingerprint density at radius 2 is 1.86 bits per heavy atom. The fourth-order valence-electron chi connectivity index (χ4n) is 5.11. The third kappa shape index (κ3) is 4.23. The highest BCUT2D eigenvalue weighted by Gasteiger charge is 2.30. The van der Waals surface area contributed by atoms with Crippen LogP contribution in [0, 0.1) is 6.92 Å². The van der Waals surface area contributed by atoms with Gasteiger partial charge in [0.25, 0.3) is 11.8 Å². The van der Waals surface area contributed by atoms with Crippen molar-refractivity contribution < 1.29 is 14.3 Å². The molecular weight excluding hydrogens is 440 g/mol. The number of nitrogens with one attached hydrogen (secondary N) is 3. The van der Waals surface area contributed by atoms with Crippen molar-refractivity contribution in [3.63, 3.8) is 0 Å². The molecule has 0 spiro atoms. The van der Waals surface area contributed by atoms with E-state index < -0.39 is 0 Å². The Bertz CT molecular complexity index is 1330. The molecule has 3 N–H and O–H groups in total. The lowest BCUT2D eigenvalue weighted by Gasteiger charge is -2.36. The van der Waals surface area contributed by atoms with Crippen molar-refractivity contribution in [1.29, 1.82) is 0 Å². The van der Waals surface area contributed by atoms with Crippen LogP contribution in [-0.2, 0) is 4.79 Å². The number of fused-ring (bicyclic) bond motifs is 1. The van der Waals surface area contributed by atoms with Crippen LogP contribution in [0.1, 0.15) is 41.0 Å². The number of benzene rings is 2. The first-order valence-electron chi connectivity index (χ1n) is 11.9. The summed E-state index contributed by atoms with van der Waals surface area (Å²) in [6.07, 6.45) is 3.60. The van der Waals surface area contributed by atoms with Crippen LogP contribution in [0.15, 0.2) is 48.7 Å². The minimum Gasteiger partial charge on any atom is -0.497 e. The third-order valence-corrected chi connectivity index (χ3v) is 6.75. The van der Waals surface area contributed by atoms with Gasteiger partial charge in [0.1, 0.15) is 5.75 Å². The van der Waals surface area contributed by atoms with Crippen LogP contribution >= 0.6 is 0 Å². The van der Waals surface area contributed by atoms with Crippen LogP contribution in [0.5, 0.6) is 5.75 Å². The molecule has 1 aromatic heterocycles. The SMILES string of the molecule is COc1cccc(-c2cccc3c2/C(=C/c2[nH]cc(C(=O)N4C[C@@H](C)N[C@@H](C)C4)c2C)C(=O)N3)c1. The van der Waals surface area contributed by atoms with Crippen molar-refractivity contribution in [3.8, 4) is 16.9 Å². The van der Waals surface area contributed by atoms with Crippen LogP contribution in [0.25, 0.3) is 22.8 Å². The molecule has 5 rings (SSSR count). The first kappa shape index (κ1) is 22.9. The number of carbonyl (C=O) groups is 2. The highest BCUT2D eigenvalue weighted by atomic mass is 16.5. The Morgan fingerprint density at radius 1 is 1.11 bits per heavy atom. The molecule has 0 bridgehead atoms. The number of methoxy groups -OCH3 is 1. The van der Waals surface area contributed by atoms with Gasteiger partial charge in [-0.15, -0.1) is 0 Å². The molecule has 7 heteroatoms. The molecule has 2 aromatic carbocycles. The van der Waals surface area contributed by atoms with Crippen molar-refractivity contribution >= 4 is 29.2 Å². The van der Waals surface area contributed by atoms with E-state index in [1.807, 2.05) is 60.4 Å². The third-order valence-electron chi connectivity index (χ3n) is 6.75. The molecule has 2 amide bonds. The number of ether oxygens (including phenoxy) is 1. The molecule has 2 aliphatic rings. The van der Waals surface area contributed by atoms with Gasteiger partial charge in [-0.1, -0.05) is 24.3 Å². The number of piperazine rings is 1. The lowest BCUT2D eigenvalue weighted by molar-refractivity contribution is -0.110. The second-order valence-electron chi connectivity index (χ2n) is 9.39. The lowest BCUT2D eigenvalue weighted by atomic mass is 9.94. The number of hydrogen-bond donors (Lipinski definition) is 3. The van der Waals surface area contributed by atoms with Crippen molar-refractivity contribution in [3.05, 3.63) is 71.0 Å². The number of anilines is 1. The summed E-state index contributed by atoms with van der Waals surface area (Å²) in [5.74, 6) is 0.599. The molecular formula is C28H30N4O3. The molecule has 2 aliphatic heterocycles. The minimum absolute atomic E-state index is 0.0111. The van der Waals surface area contributed by atoms with E-state index in [2.05, 4.69) is 29.5 Å². The molecule has 1 fully saturated rings. The second kappa shape index (κ2) is 9.07. The zero-order chi connectivity index (χ0) is 24.7. The van der Waals surface area contributed by atoms with E-state index in [0.717, 1.165) is 39.4 Å². The summed E-state index contributed by atoms with van der Waals surface area (Å²) >= 11 is 0. The van der Waals surface area contributed by atoms with Gasteiger partial charge in [-0.05, 0) is 61.7 Å². The summed E-state index contributed by atoms with van der Waals surface area (Å²) < 4.78 is 5.40. The average molecular weight is 471 g/mol. The molecule has 2 atom stereocenters. The maximum absolute atomic E-state index is 13.3. The van der Waals surface area contributed by atoms with Gasteiger partial charge in [0.15, 0.2) is 0 Å². The number of nitrogens with zero attached hydrogens (tertiary/aromatic N) is 1. The molecule has 0 saturated carbocycles. The zero-order valence-electron chi connectivity index (χ0n) is 20.4. The van der Waals surface area contributed by atoms with Gasteiger partial charge in [-0.3, -0.25) is 9.59 Å². The lowest BCUT2D eigenvalue weighted by Crippen LogP contribution is -2.55. The van der Waals surface area contributed by atoms with Crippen molar-refractivity contribution in [2.24, 2.45) is 0 Å². The first-order chi connectivity index (χ1) is 16.9. The molecule has 180 valence electrons. The Hall–Kier alpha value is -3.84. The van der Waals surface area contributed by atoms with Crippen molar-refractivity contribution in [2.75, 3.05) is 25.5 Å². The summed E-state index contributed by atoms with van der Waals surface area (Å²) in [6.45, 7) is 7.44. The van der Waals surface area contributed by atoms with E-state index in [0.29, 0.717) is 24.2 Å². The van der Waals surface area contributed by atoms with Gasteiger partial charge in [0.05, 0.1) is 18.2 Å². The smallest absolute Gasteiger partial charge is 0.256 e. The number of aromatic amines is 1. The van der Waals surface area contributed by atoms with Gasteiger partial charge in [0, 0.05) is 48.3 Å². The molecule has 7 nitrogen and oxygen atoms in total. The minimum atomic E-state index is -0.165. The number of hydrogen-bond acceptors (Lipinski definition) is 4. The number of rotatable bonds is 4. The second-order valence-corrected chi connectivity index (χ2v) is 9.39. The Kier molecular flexibility index (Phi) is 5.94. The maximum atomic E-state index is 13.3. The predicted octanol–water partition coefficient (Wildman–Crippen LogP) is 4.31.